The third kappa shape index (κ3) is 3.43. The van der Waals surface area contributed by atoms with Crippen LogP contribution >= 0.6 is 11.3 Å². The van der Waals surface area contributed by atoms with Gasteiger partial charge in [0.05, 0.1) is 11.7 Å². The zero-order valence-electron chi connectivity index (χ0n) is 14.2. The van der Waals surface area contributed by atoms with Gasteiger partial charge in [-0.3, -0.25) is 0 Å². The first-order chi connectivity index (χ1) is 12.2. The number of nitrogens with one attached hydrogen (secondary N) is 1. The molecule has 3 aromatic rings. The van der Waals surface area contributed by atoms with Gasteiger partial charge < -0.3 is 10.2 Å². The van der Waals surface area contributed by atoms with Gasteiger partial charge in [0.25, 0.3) is 0 Å². The van der Waals surface area contributed by atoms with Gasteiger partial charge in [-0.15, -0.1) is 11.3 Å². The lowest BCUT2D eigenvalue weighted by Crippen LogP contribution is -2.25. The molecule has 1 saturated heterocycles. The second-order valence-corrected chi connectivity index (χ2v) is 7.26. The fraction of sp³-hybridized carbons (Fsp3) is 0.353. The molecule has 1 atom stereocenters. The van der Waals surface area contributed by atoms with Crippen LogP contribution in [0.4, 0.5) is 16.9 Å². The lowest BCUT2D eigenvalue weighted by molar-refractivity contribution is 0.673. The summed E-state index contributed by atoms with van der Waals surface area (Å²) in [4.78, 5) is 25.7. The molecule has 0 saturated carbocycles. The van der Waals surface area contributed by atoms with E-state index in [9.17, 15) is 0 Å². The summed E-state index contributed by atoms with van der Waals surface area (Å²) in [6, 6.07) is 4.01. The second kappa shape index (κ2) is 6.72. The topological polar surface area (TPSA) is 79.7 Å². The Morgan fingerprint density at radius 3 is 2.76 bits per heavy atom. The van der Waals surface area contributed by atoms with E-state index in [0.717, 1.165) is 52.7 Å². The van der Waals surface area contributed by atoms with Crippen LogP contribution in [0, 0.1) is 13.8 Å². The molecule has 0 aliphatic carbocycles. The van der Waals surface area contributed by atoms with Gasteiger partial charge in [-0.25, -0.2) is 24.9 Å². The third-order valence-electron chi connectivity index (χ3n) is 4.12. The molecule has 3 aromatic heterocycles. The van der Waals surface area contributed by atoms with E-state index in [4.69, 9.17) is 0 Å². The van der Waals surface area contributed by atoms with E-state index in [2.05, 4.69) is 35.1 Å². The number of hydrogen-bond donors (Lipinski definition) is 1. The Morgan fingerprint density at radius 2 is 2.00 bits per heavy atom. The minimum atomic E-state index is 0.169. The minimum absolute atomic E-state index is 0.169. The average molecular weight is 353 g/mol. The predicted molar refractivity (Wildman–Crippen MR) is 98.3 cm³/mol. The number of hydrogen-bond acceptors (Lipinski definition) is 8. The average Bonchev–Trinajstić information content (AvgIpc) is 3.24. The van der Waals surface area contributed by atoms with Gasteiger partial charge >= 0.3 is 0 Å². The SMILES string of the molecule is Cc1nc(Nc2ncc(C)s2)cc([C@H]2CCCN2c2ncccn2)n1. The standard InChI is InChI=1S/C17H19N7S/c1-11-10-20-17(25-11)23-15-9-13(21-12(2)22-15)14-5-3-8-24(14)16-18-6-4-7-19-16/h4,6-7,9-10,14H,3,5,8H2,1-2H3,(H,20,21,22,23)/t14-/m1/s1. The van der Waals surface area contributed by atoms with Crippen LogP contribution in [0.25, 0.3) is 0 Å². The predicted octanol–water partition coefficient (Wildman–Crippen LogP) is 3.43. The van der Waals surface area contributed by atoms with Crippen molar-refractivity contribution in [1.29, 1.82) is 0 Å². The van der Waals surface area contributed by atoms with Crippen LogP contribution < -0.4 is 10.2 Å². The zero-order valence-corrected chi connectivity index (χ0v) is 15.0. The molecule has 4 rings (SSSR count). The zero-order chi connectivity index (χ0) is 17.2. The highest BCUT2D eigenvalue weighted by Gasteiger charge is 2.29. The summed E-state index contributed by atoms with van der Waals surface area (Å²) in [7, 11) is 0. The lowest BCUT2D eigenvalue weighted by Gasteiger charge is -2.24. The maximum absolute atomic E-state index is 4.67. The molecule has 0 bridgehead atoms. The van der Waals surface area contributed by atoms with Gasteiger partial charge in [-0.2, -0.15) is 0 Å². The van der Waals surface area contributed by atoms with Crippen molar-refractivity contribution >= 4 is 28.2 Å². The monoisotopic (exact) mass is 353 g/mol. The van der Waals surface area contributed by atoms with Gasteiger partial charge in [-0.1, -0.05) is 0 Å². The molecule has 8 heteroatoms. The van der Waals surface area contributed by atoms with E-state index in [0.29, 0.717) is 0 Å². The summed E-state index contributed by atoms with van der Waals surface area (Å²) in [5.41, 5.74) is 0.994. The lowest BCUT2D eigenvalue weighted by atomic mass is 10.1. The van der Waals surface area contributed by atoms with Crippen molar-refractivity contribution in [2.75, 3.05) is 16.8 Å². The molecule has 1 fully saturated rings. The summed E-state index contributed by atoms with van der Waals surface area (Å²) >= 11 is 1.61. The van der Waals surface area contributed by atoms with Gasteiger partial charge in [0, 0.05) is 36.1 Å². The molecule has 0 radical (unpaired) electrons. The molecule has 0 aromatic carbocycles. The van der Waals surface area contributed by atoms with Crippen molar-refractivity contribution in [1.82, 2.24) is 24.9 Å². The fourth-order valence-electron chi connectivity index (χ4n) is 3.10. The van der Waals surface area contributed by atoms with Crippen LogP contribution in [0.15, 0.2) is 30.7 Å². The number of rotatable bonds is 4. The van der Waals surface area contributed by atoms with Gasteiger partial charge in [0.1, 0.15) is 11.6 Å². The Labute approximate surface area is 150 Å². The molecule has 128 valence electrons. The molecule has 0 amide bonds. The molecule has 25 heavy (non-hydrogen) atoms. The van der Waals surface area contributed by atoms with Crippen LogP contribution in [0.5, 0.6) is 0 Å². The van der Waals surface area contributed by atoms with Crippen LogP contribution in [0.3, 0.4) is 0 Å². The Balaban J connectivity index is 1.63. The highest BCUT2D eigenvalue weighted by atomic mass is 32.1. The highest BCUT2D eigenvalue weighted by molar-refractivity contribution is 7.15. The summed E-state index contributed by atoms with van der Waals surface area (Å²) in [5.74, 6) is 2.28. The molecule has 7 nitrogen and oxygen atoms in total. The van der Waals surface area contributed by atoms with E-state index in [1.807, 2.05) is 32.2 Å². The number of aromatic nitrogens is 5. The Hall–Kier alpha value is -2.61. The molecule has 0 unspecified atom stereocenters. The first-order valence-corrected chi connectivity index (χ1v) is 9.09. The van der Waals surface area contributed by atoms with E-state index in [1.54, 1.807) is 23.7 Å². The van der Waals surface area contributed by atoms with Crippen molar-refractivity contribution in [2.24, 2.45) is 0 Å². The number of thiazole rings is 1. The second-order valence-electron chi connectivity index (χ2n) is 6.03. The Morgan fingerprint density at radius 1 is 1.16 bits per heavy atom. The van der Waals surface area contributed by atoms with Crippen LogP contribution in [0.1, 0.15) is 35.3 Å². The van der Waals surface area contributed by atoms with E-state index in [1.165, 1.54) is 0 Å². The summed E-state index contributed by atoms with van der Waals surface area (Å²) in [6.07, 6.45) is 7.54. The molecular weight excluding hydrogens is 334 g/mol. The van der Waals surface area contributed by atoms with Crippen molar-refractivity contribution < 1.29 is 0 Å². The van der Waals surface area contributed by atoms with Gasteiger partial charge in [0.15, 0.2) is 5.13 Å². The Bertz CT molecular complexity index is 864. The molecular formula is C17H19N7S. The number of nitrogens with zero attached hydrogens (tertiary/aromatic N) is 6. The van der Waals surface area contributed by atoms with E-state index in [-0.39, 0.29) is 6.04 Å². The quantitative estimate of drug-likeness (QED) is 0.769. The summed E-state index contributed by atoms with van der Waals surface area (Å²) in [5, 5.41) is 4.13. The maximum Gasteiger partial charge on any atom is 0.225 e. The number of aryl methyl sites for hydroxylation is 2. The van der Waals surface area contributed by atoms with E-state index >= 15 is 0 Å². The van der Waals surface area contributed by atoms with Crippen molar-refractivity contribution in [3.05, 3.63) is 47.1 Å². The molecule has 4 heterocycles. The van der Waals surface area contributed by atoms with Crippen LogP contribution in [0.2, 0.25) is 0 Å². The number of anilines is 3. The van der Waals surface area contributed by atoms with E-state index < -0.39 is 0 Å². The van der Waals surface area contributed by atoms with Gasteiger partial charge in [0.2, 0.25) is 5.95 Å². The van der Waals surface area contributed by atoms with Crippen molar-refractivity contribution in [3.8, 4) is 0 Å². The Kier molecular flexibility index (Phi) is 4.27. The third-order valence-corrected chi connectivity index (χ3v) is 4.95. The largest absolute Gasteiger partial charge is 0.332 e. The van der Waals surface area contributed by atoms with Crippen molar-refractivity contribution in [3.63, 3.8) is 0 Å². The summed E-state index contributed by atoms with van der Waals surface area (Å²) in [6.45, 7) is 4.89. The molecule has 0 spiro atoms. The maximum atomic E-state index is 4.67. The molecule has 1 aliphatic rings. The van der Waals surface area contributed by atoms with Crippen LogP contribution in [-0.4, -0.2) is 31.5 Å². The highest BCUT2D eigenvalue weighted by Crippen LogP contribution is 2.34. The minimum Gasteiger partial charge on any atom is -0.332 e. The first-order valence-electron chi connectivity index (χ1n) is 8.28. The van der Waals surface area contributed by atoms with Crippen LogP contribution in [-0.2, 0) is 0 Å². The molecule has 1 N–H and O–H groups in total. The summed E-state index contributed by atoms with van der Waals surface area (Å²) < 4.78 is 0. The smallest absolute Gasteiger partial charge is 0.225 e. The van der Waals surface area contributed by atoms with Gasteiger partial charge in [-0.05, 0) is 32.8 Å². The normalized spacial score (nSPS) is 17.0. The van der Waals surface area contributed by atoms with Crippen molar-refractivity contribution in [2.45, 2.75) is 32.7 Å². The first kappa shape index (κ1) is 15.9. The molecule has 1 aliphatic heterocycles. The fourth-order valence-corrected chi connectivity index (χ4v) is 3.77.